The third kappa shape index (κ3) is 3.07. The lowest BCUT2D eigenvalue weighted by atomic mass is 10.1. The van der Waals surface area contributed by atoms with Gasteiger partial charge in [-0.25, -0.2) is 0 Å². The van der Waals surface area contributed by atoms with Crippen LogP contribution in [0, 0.1) is 6.92 Å². The highest BCUT2D eigenvalue weighted by atomic mass is 32.2. The number of thioether (sulfide) groups is 1. The lowest BCUT2D eigenvalue weighted by Crippen LogP contribution is -2.01. The molecule has 0 atom stereocenters. The van der Waals surface area contributed by atoms with Gasteiger partial charge in [-0.2, -0.15) is 0 Å². The number of carboxylic acids is 1. The van der Waals surface area contributed by atoms with Crippen molar-refractivity contribution in [3.63, 3.8) is 0 Å². The Kier molecular flexibility index (Phi) is 4.01. The number of hydrogen-bond donors (Lipinski definition) is 1. The van der Waals surface area contributed by atoms with Gasteiger partial charge in [0.15, 0.2) is 0 Å². The minimum atomic E-state index is -0.772. The average molecular weight is 210 g/mol. The minimum absolute atomic E-state index is 0.115. The van der Waals surface area contributed by atoms with Crippen molar-refractivity contribution >= 4 is 17.7 Å². The highest BCUT2D eigenvalue weighted by molar-refractivity contribution is 7.99. The molecule has 0 amide bonds. The van der Waals surface area contributed by atoms with E-state index in [0.29, 0.717) is 0 Å². The zero-order chi connectivity index (χ0) is 10.6. The fourth-order valence-electron chi connectivity index (χ4n) is 1.26. The van der Waals surface area contributed by atoms with Crippen LogP contribution in [0.5, 0.6) is 0 Å². The largest absolute Gasteiger partial charge is 0.481 e. The van der Waals surface area contributed by atoms with E-state index in [4.69, 9.17) is 5.11 Å². The maximum atomic E-state index is 10.6. The molecule has 1 rings (SSSR count). The smallest absolute Gasteiger partial charge is 0.307 e. The Balaban J connectivity index is 2.90. The highest BCUT2D eigenvalue weighted by Gasteiger charge is 2.04. The molecule has 2 nitrogen and oxygen atoms in total. The first-order valence-corrected chi connectivity index (χ1v) is 5.56. The van der Waals surface area contributed by atoms with E-state index in [1.54, 1.807) is 11.8 Å². The number of carboxylic acid groups (broad SMARTS) is 1. The standard InChI is InChI=1S/C11H14O2S/c1-3-14-10-5-4-8(2)9(6-10)7-11(12)13/h4-6H,3,7H2,1-2H3,(H,12,13). The molecule has 1 aromatic carbocycles. The third-order valence-corrected chi connectivity index (χ3v) is 2.85. The Hall–Kier alpha value is -0.960. The molecule has 0 aromatic heterocycles. The Morgan fingerprint density at radius 3 is 2.79 bits per heavy atom. The molecule has 0 aliphatic carbocycles. The summed E-state index contributed by atoms with van der Waals surface area (Å²) >= 11 is 1.73. The first kappa shape index (κ1) is 11.1. The number of aryl methyl sites for hydroxylation is 1. The molecule has 0 unspecified atom stereocenters. The number of benzene rings is 1. The SMILES string of the molecule is CCSc1ccc(C)c(CC(=O)O)c1. The summed E-state index contributed by atoms with van der Waals surface area (Å²) in [4.78, 5) is 11.7. The molecule has 0 saturated carbocycles. The van der Waals surface area contributed by atoms with Crippen LogP contribution in [-0.2, 0) is 11.2 Å². The molecule has 0 heterocycles. The van der Waals surface area contributed by atoms with Gasteiger partial charge in [0.25, 0.3) is 0 Å². The summed E-state index contributed by atoms with van der Waals surface area (Å²) in [5.74, 6) is 0.238. The maximum absolute atomic E-state index is 10.6. The van der Waals surface area contributed by atoms with Crippen molar-refractivity contribution in [3.8, 4) is 0 Å². The van der Waals surface area contributed by atoms with Crippen LogP contribution < -0.4 is 0 Å². The van der Waals surface area contributed by atoms with Crippen LogP contribution >= 0.6 is 11.8 Å². The van der Waals surface area contributed by atoms with Gasteiger partial charge in [0.2, 0.25) is 0 Å². The quantitative estimate of drug-likeness (QED) is 0.776. The number of carbonyl (C=O) groups is 1. The molecular formula is C11H14O2S. The van der Waals surface area contributed by atoms with Crippen LogP contribution in [0.1, 0.15) is 18.1 Å². The van der Waals surface area contributed by atoms with Crippen molar-refractivity contribution < 1.29 is 9.90 Å². The lowest BCUT2D eigenvalue weighted by molar-refractivity contribution is -0.136. The van der Waals surface area contributed by atoms with Gasteiger partial charge >= 0.3 is 5.97 Å². The molecule has 0 bridgehead atoms. The molecule has 3 heteroatoms. The van der Waals surface area contributed by atoms with Gasteiger partial charge in [0.05, 0.1) is 6.42 Å². The fraction of sp³-hybridized carbons (Fsp3) is 0.364. The van der Waals surface area contributed by atoms with E-state index in [-0.39, 0.29) is 6.42 Å². The van der Waals surface area contributed by atoms with E-state index in [1.165, 1.54) is 0 Å². The molecule has 0 aliphatic rings. The van der Waals surface area contributed by atoms with E-state index in [1.807, 2.05) is 25.1 Å². The molecule has 0 aliphatic heterocycles. The molecule has 0 radical (unpaired) electrons. The Morgan fingerprint density at radius 2 is 2.21 bits per heavy atom. The van der Waals surface area contributed by atoms with Gasteiger partial charge in [-0.05, 0) is 35.9 Å². The zero-order valence-electron chi connectivity index (χ0n) is 8.41. The highest BCUT2D eigenvalue weighted by Crippen LogP contribution is 2.21. The van der Waals surface area contributed by atoms with Crippen LogP contribution in [0.4, 0.5) is 0 Å². The van der Waals surface area contributed by atoms with E-state index in [9.17, 15) is 4.79 Å². The second-order valence-electron chi connectivity index (χ2n) is 3.09. The monoisotopic (exact) mass is 210 g/mol. The number of rotatable bonds is 4. The van der Waals surface area contributed by atoms with E-state index < -0.39 is 5.97 Å². The summed E-state index contributed by atoms with van der Waals surface area (Å²) in [6, 6.07) is 5.99. The second-order valence-corrected chi connectivity index (χ2v) is 4.43. The average Bonchev–Trinajstić information content (AvgIpc) is 2.10. The normalized spacial score (nSPS) is 10.1. The molecule has 0 spiro atoms. The van der Waals surface area contributed by atoms with Crippen LogP contribution in [0.25, 0.3) is 0 Å². The lowest BCUT2D eigenvalue weighted by Gasteiger charge is -2.05. The summed E-state index contributed by atoms with van der Waals surface area (Å²) < 4.78 is 0. The summed E-state index contributed by atoms with van der Waals surface area (Å²) in [6.45, 7) is 4.03. The van der Waals surface area contributed by atoms with Crippen molar-refractivity contribution in [2.24, 2.45) is 0 Å². The van der Waals surface area contributed by atoms with Gasteiger partial charge in [0.1, 0.15) is 0 Å². The molecule has 1 aromatic rings. The van der Waals surface area contributed by atoms with E-state index in [0.717, 1.165) is 21.8 Å². The van der Waals surface area contributed by atoms with E-state index in [2.05, 4.69) is 6.92 Å². The predicted molar refractivity (Wildman–Crippen MR) is 58.9 cm³/mol. The molecule has 0 saturated heterocycles. The third-order valence-electron chi connectivity index (χ3n) is 1.97. The number of hydrogen-bond acceptors (Lipinski definition) is 2. The number of aliphatic carboxylic acids is 1. The minimum Gasteiger partial charge on any atom is -0.481 e. The Morgan fingerprint density at radius 1 is 1.50 bits per heavy atom. The van der Waals surface area contributed by atoms with Crippen LogP contribution in [0.2, 0.25) is 0 Å². The van der Waals surface area contributed by atoms with Gasteiger partial charge in [-0.1, -0.05) is 13.0 Å². The molecule has 14 heavy (non-hydrogen) atoms. The topological polar surface area (TPSA) is 37.3 Å². The van der Waals surface area contributed by atoms with Crippen LogP contribution in [0.15, 0.2) is 23.1 Å². The van der Waals surface area contributed by atoms with E-state index >= 15 is 0 Å². The van der Waals surface area contributed by atoms with Gasteiger partial charge in [-0.3, -0.25) is 4.79 Å². The van der Waals surface area contributed by atoms with Crippen molar-refractivity contribution in [2.45, 2.75) is 25.2 Å². The van der Waals surface area contributed by atoms with Crippen molar-refractivity contribution in [2.75, 3.05) is 5.75 Å². The predicted octanol–water partition coefficient (Wildman–Crippen LogP) is 2.73. The summed E-state index contributed by atoms with van der Waals surface area (Å²) in [6.07, 6.45) is 0.115. The first-order chi connectivity index (χ1) is 6.63. The van der Waals surface area contributed by atoms with Gasteiger partial charge in [-0.15, -0.1) is 11.8 Å². The van der Waals surface area contributed by atoms with Crippen LogP contribution in [0.3, 0.4) is 0 Å². The van der Waals surface area contributed by atoms with Crippen molar-refractivity contribution in [1.82, 2.24) is 0 Å². The summed E-state index contributed by atoms with van der Waals surface area (Å²) in [5, 5.41) is 8.71. The summed E-state index contributed by atoms with van der Waals surface area (Å²) in [7, 11) is 0. The Bertz CT molecular complexity index is 334. The zero-order valence-corrected chi connectivity index (χ0v) is 9.23. The van der Waals surface area contributed by atoms with Crippen molar-refractivity contribution in [3.05, 3.63) is 29.3 Å². The van der Waals surface area contributed by atoms with Gasteiger partial charge < -0.3 is 5.11 Å². The van der Waals surface area contributed by atoms with Crippen molar-refractivity contribution in [1.29, 1.82) is 0 Å². The molecule has 1 N–H and O–H groups in total. The Labute approximate surface area is 88.3 Å². The molecule has 76 valence electrons. The fourth-order valence-corrected chi connectivity index (χ4v) is 1.98. The van der Waals surface area contributed by atoms with Crippen LogP contribution in [-0.4, -0.2) is 16.8 Å². The van der Waals surface area contributed by atoms with Gasteiger partial charge in [0, 0.05) is 4.90 Å². The first-order valence-electron chi connectivity index (χ1n) is 4.57. The summed E-state index contributed by atoms with van der Waals surface area (Å²) in [5.41, 5.74) is 1.96. The second kappa shape index (κ2) is 5.05. The molecular weight excluding hydrogens is 196 g/mol. The molecule has 0 fully saturated rings. The maximum Gasteiger partial charge on any atom is 0.307 e.